The standard InChI is InChI=1S/C20H25N3/c1-15-5-3-8-18(11-15)20(14-21-2)17-7-4-6-16(9-10-17)19-12-22-23-13-19/h3,5-6,8-13,17,20-21H,4,7,14H2,1-2H3,(H,22,23). The second-order valence-corrected chi connectivity index (χ2v) is 6.33. The molecule has 2 N–H and O–H groups in total. The molecule has 1 heterocycles. The number of benzene rings is 1. The Bertz CT molecular complexity index is 683. The Labute approximate surface area is 138 Å². The summed E-state index contributed by atoms with van der Waals surface area (Å²) in [6.45, 7) is 3.17. The van der Waals surface area contributed by atoms with E-state index in [2.05, 4.69) is 64.9 Å². The molecule has 3 nitrogen and oxygen atoms in total. The van der Waals surface area contributed by atoms with Crippen molar-refractivity contribution >= 4 is 5.57 Å². The van der Waals surface area contributed by atoms with Crippen LogP contribution >= 0.6 is 0 Å². The van der Waals surface area contributed by atoms with E-state index in [1.165, 1.54) is 28.7 Å². The van der Waals surface area contributed by atoms with Crippen molar-refractivity contribution in [1.82, 2.24) is 15.5 Å². The van der Waals surface area contributed by atoms with Gasteiger partial charge in [-0.05, 0) is 43.9 Å². The summed E-state index contributed by atoms with van der Waals surface area (Å²) < 4.78 is 0. The number of nitrogens with one attached hydrogen (secondary N) is 2. The third kappa shape index (κ3) is 3.80. The molecular weight excluding hydrogens is 282 g/mol. The van der Waals surface area contributed by atoms with Gasteiger partial charge in [-0.1, -0.05) is 48.1 Å². The van der Waals surface area contributed by atoms with Crippen LogP contribution in [-0.2, 0) is 0 Å². The summed E-state index contributed by atoms with van der Waals surface area (Å²) in [7, 11) is 2.04. The molecule has 0 aliphatic heterocycles. The van der Waals surface area contributed by atoms with E-state index < -0.39 is 0 Å². The van der Waals surface area contributed by atoms with Crippen molar-refractivity contribution < 1.29 is 0 Å². The highest BCUT2D eigenvalue weighted by Crippen LogP contribution is 2.33. The third-order valence-corrected chi connectivity index (χ3v) is 4.63. The van der Waals surface area contributed by atoms with Gasteiger partial charge in [0.2, 0.25) is 0 Å². The summed E-state index contributed by atoms with van der Waals surface area (Å²) in [5, 5.41) is 10.3. The fraction of sp³-hybridized carbons (Fsp3) is 0.350. The number of likely N-dealkylation sites (N-methyl/N-ethyl adjacent to an activating group) is 1. The van der Waals surface area contributed by atoms with Crippen LogP contribution in [0.15, 0.2) is 54.9 Å². The number of H-pyrrole nitrogens is 1. The lowest BCUT2D eigenvalue weighted by Crippen LogP contribution is -2.23. The first-order valence-electron chi connectivity index (χ1n) is 8.36. The summed E-state index contributed by atoms with van der Waals surface area (Å²) in [4.78, 5) is 0. The predicted molar refractivity (Wildman–Crippen MR) is 96.3 cm³/mol. The average Bonchev–Trinajstić information content (AvgIpc) is 2.98. The first-order chi connectivity index (χ1) is 11.3. The van der Waals surface area contributed by atoms with Crippen LogP contribution in [0.2, 0.25) is 0 Å². The number of aryl methyl sites for hydroxylation is 1. The molecule has 23 heavy (non-hydrogen) atoms. The second kappa shape index (κ2) is 7.42. The first kappa shape index (κ1) is 15.8. The smallest absolute Gasteiger partial charge is 0.0565 e. The zero-order valence-corrected chi connectivity index (χ0v) is 13.9. The number of aromatic nitrogens is 2. The summed E-state index contributed by atoms with van der Waals surface area (Å²) in [6.07, 6.45) is 13.1. The van der Waals surface area contributed by atoms with Crippen LogP contribution in [0.1, 0.15) is 35.4 Å². The van der Waals surface area contributed by atoms with Crippen LogP contribution in [0.3, 0.4) is 0 Å². The topological polar surface area (TPSA) is 40.7 Å². The van der Waals surface area contributed by atoms with Crippen LogP contribution in [0.25, 0.3) is 5.57 Å². The van der Waals surface area contributed by atoms with Crippen molar-refractivity contribution in [3.63, 3.8) is 0 Å². The molecule has 2 aromatic rings. The van der Waals surface area contributed by atoms with E-state index >= 15 is 0 Å². The van der Waals surface area contributed by atoms with Crippen molar-refractivity contribution in [1.29, 1.82) is 0 Å². The molecule has 0 saturated carbocycles. The predicted octanol–water partition coefficient (Wildman–Crippen LogP) is 4.07. The van der Waals surface area contributed by atoms with Gasteiger partial charge in [0.05, 0.1) is 6.20 Å². The summed E-state index contributed by atoms with van der Waals surface area (Å²) in [5.41, 5.74) is 5.20. The largest absolute Gasteiger partial charge is 0.319 e. The molecule has 3 heteroatoms. The van der Waals surface area contributed by atoms with Gasteiger partial charge >= 0.3 is 0 Å². The molecule has 0 spiro atoms. The molecule has 1 aromatic heterocycles. The van der Waals surface area contributed by atoms with Crippen molar-refractivity contribution in [3.8, 4) is 0 Å². The summed E-state index contributed by atoms with van der Waals surface area (Å²) >= 11 is 0. The molecule has 1 aliphatic carbocycles. The molecular formula is C20H25N3. The van der Waals surface area contributed by atoms with Gasteiger partial charge in [0, 0.05) is 24.2 Å². The van der Waals surface area contributed by atoms with E-state index in [0.29, 0.717) is 11.8 Å². The van der Waals surface area contributed by atoms with E-state index in [-0.39, 0.29) is 0 Å². The maximum absolute atomic E-state index is 4.06. The Kier molecular flexibility index (Phi) is 5.09. The zero-order chi connectivity index (χ0) is 16.1. The highest BCUT2D eigenvalue weighted by atomic mass is 15.1. The Morgan fingerprint density at radius 1 is 1.39 bits per heavy atom. The number of hydrogen-bond acceptors (Lipinski definition) is 2. The lowest BCUT2D eigenvalue weighted by Gasteiger charge is -2.25. The summed E-state index contributed by atoms with van der Waals surface area (Å²) in [6, 6.07) is 8.92. The van der Waals surface area contributed by atoms with E-state index in [0.717, 1.165) is 13.0 Å². The van der Waals surface area contributed by atoms with Crippen LogP contribution in [-0.4, -0.2) is 23.8 Å². The SMILES string of the molecule is CNCC(c1cccc(C)c1)C1C=CC(c2cn[nH]c2)=CCC1. The normalized spacial score (nSPS) is 19.2. The highest BCUT2D eigenvalue weighted by Gasteiger charge is 2.21. The van der Waals surface area contributed by atoms with Crippen molar-refractivity contribution in [3.05, 3.63) is 71.6 Å². The van der Waals surface area contributed by atoms with E-state index in [1.54, 1.807) is 0 Å². The van der Waals surface area contributed by atoms with Gasteiger partial charge in [-0.2, -0.15) is 5.10 Å². The van der Waals surface area contributed by atoms with E-state index in [4.69, 9.17) is 0 Å². The van der Waals surface area contributed by atoms with E-state index in [9.17, 15) is 0 Å². The molecule has 0 amide bonds. The second-order valence-electron chi connectivity index (χ2n) is 6.33. The molecule has 0 fully saturated rings. The number of aromatic amines is 1. The number of rotatable bonds is 5. The van der Waals surface area contributed by atoms with Crippen LogP contribution in [0, 0.1) is 12.8 Å². The van der Waals surface area contributed by atoms with Crippen molar-refractivity contribution in [2.45, 2.75) is 25.7 Å². The minimum atomic E-state index is 0.508. The monoisotopic (exact) mass is 307 g/mol. The Morgan fingerprint density at radius 2 is 2.30 bits per heavy atom. The molecule has 1 aromatic carbocycles. The van der Waals surface area contributed by atoms with Gasteiger partial charge in [0.1, 0.15) is 0 Å². The average molecular weight is 307 g/mol. The maximum atomic E-state index is 4.06. The minimum Gasteiger partial charge on any atom is -0.319 e. The Hall–Kier alpha value is -2.13. The van der Waals surface area contributed by atoms with Crippen molar-refractivity contribution in [2.24, 2.45) is 5.92 Å². The molecule has 0 radical (unpaired) electrons. The fourth-order valence-electron chi connectivity index (χ4n) is 3.42. The summed E-state index contributed by atoms with van der Waals surface area (Å²) in [5.74, 6) is 1.05. The molecule has 2 atom stereocenters. The van der Waals surface area contributed by atoms with Gasteiger partial charge < -0.3 is 5.32 Å². The van der Waals surface area contributed by atoms with Crippen molar-refractivity contribution in [2.75, 3.05) is 13.6 Å². The number of allylic oxidation sites excluding steroid dienone is 4. The number of hydrogen-bond donors (Lipinski definition) is 2. The minimum absolute atomic E-state index is 0.508. The third-order valence-electron chi connectivity index (χ3n) is 4.63. The molecule has 0 saturated heterocycles. The molecule has 3 rings (SSSR count). The Morgan fingerprint density at radius 3 is 3.04 bits per heavy atom. The highest BCUT2D eigenvalue weighted by molar-refractivity contribution is 5.73. The number of nitrogens with zero attached hydrogens (tertiary/aromatic N) is 1. The molecule has 120 valence electrons. The first-order valence-corrected chi connectivity index (χ1v) is 8.36. The van der Waals surface area contributed by atoms with Gasteiger partial charge in [-0.25, -0.2) is 0 Å². The quantitative estimate of drug-likeness (QED) is 0.874. The zero-order valence-electron chi connectivity index (χ0n) is 13.9. The fourth-order valence-corrected chi connectivity index (χ4v) is 3.42. The Balaban J connectivity index is 1.83. The van der Waals surface area contributed by atoms with Crippen LogP contribution in [0.5, 0.6) is 0 Å². The lowest BCUT2D eigenvalue weighted by molar-refractivity contribution is 0.462. The van der Waals surface area contributed by atoms with Crippen LogP contribution in [0.4, 0.5) is 0 Å². The van der Waals surface area contributed by atoms with E-state index in [1.807, 2.05) is 19.4 Å². The molecule has 1 aliphatic rings. The molecule has 2 unspecified atom stereocenters. The van der Waals surface area contributed by atoms with Crippen LogP contribution < -0.4 is 5.32 Å². The van der Waals surface area contributed by atoms with Gasteiger partial charge in [0.25, 0.3) is 0 Å². The van der Waals surface area contributed by atoms with Gasteiger partial charge in [-0.15, -0.1) is 0 Å². The maximum Gasteiger partial charge on any atom is 0.0565 e. The van der Waals surface area contributed by atoms with Gasteiger partial charge in [-0.3, -0.25) is 5.10 Å². The van der Waals surface area contributed by atoms with Gasteiger partial charge in [0.15, 0.2) is 0 Å². The lowest BCUT2D eigenvalue weighted by atomic mass is 9.82. The molecule has 0 bridgehead atoms.